The van der Waals surface area contributed by atoms with E-state index in [0.29, 0.717) is 17.9 Å². The van der Waals surface area contributed by atoms with Crippen molar-refractivity contribution in [3.8, 4) is 0 Å². The number of anilines is 2. The molecule has 3 amide bonds. The summed E-state index contributed by atoms with van der Waals surface area (Å²) in [5.41, 5.74) is 1.38. The maximum absolute atomic E-state index is 13.8. The van der Waals surface area contributed by atoms with Crippen molar-refractivity contribution in [2.45, 2.75) is 31.3 Å². The normalized spacial score (nSPS) is 30.6. The van der Waals surface area contributed by atoms with E-state index in [9.17, 15) is 24.5 Å². The second-order valence-electron chi connectivity index (χ2n) is 8.96. The number of amides is 3. The molecule has 2 aromatic rings. The Kier molecular flexibility index (Phi) is 3.72. The van der Waals surface area contributed by atoms with Crippen LogP contribution >= 0.6 is 0 Å². The van der Waals surface area contributed by atoms with Gasteiger partial charge in [0, 0.05) is 29.4 Å². The Morgan fingerprint density at radius 2 is 1.84 bits per heavy atom. The van der Waals surface area contributed by atoms with Crippen LogP contribution in [0.3, 0.4) is 0 Å². The molecule has 1 N–H and O–H groups in total. The van der Waals surface area contributed by atoms with Gasteiger partial charge in [0.25, 0.3) is 5.69 Å². The molecule has 4 aliphatic heterocycles. The van der Waals surface area contributed by atoms with E-state index >= 15 is 0 Å². The lowest BCUT2D eigenvalue weighted by Crippen LogP contribution is -2.54. The Balaban J connectivity index is 1.51. The predicted molar refractivity (Wildman–Crippen MR) is 114 cm³/mol. The van der Waals surface area contributed by atoms with Crippen LogP contribution in [0.5, 0.6) is 0 Å². The molecule has 4 heterocycles. The number of carbonyl (C=O) groups is 3. The maximum atomic E-state index is 13.8. The van der Waals surface area contributed by atoms with Crippen LogP contribution in [0, 0.1) is 28.9 Å². The highest BCUT2D eigenvalue weighted by Crippen LogP contribution is 2.60. The molecule has 0 saturated carbocycles. The topological polar surface area (TPSA) is 113 Å². The molecule has 3 fully saturated rings. The summed E-state index contributed by atoms with van der Waals surface area (Å²) in [5.74, 6) is -2.48. The van der Waals surface area contributed by atoms with Crippen LogP contribution in [0.2, 0.25) is 0 Å². The molecule has 32 heavy (non-hydrogen) atoms. The van der Waals surface area contributed by atoms with Gasteiger partial charge in [-0.25, -0.2) is 4.90 Å². The van der Waals surface area contributed by atoms with Gasteiger partial charge in [0.1, 0.15) is 5.54 Å². The van der Waals surface area contributed by atoms with Gasteiger partial charge in [-0.2, -0.15) is 0 Å². The van der Waals surface area contributed by atoms with E-state index in [1.54, 1.807) is 0 Å². The fourth-order valence-corrected chi connectivity index (χ4v) is 6.29. The first-order valence-electron chi connectivity index (χ1n) is 10.7. The number of benzene rings is 2. The van der Waals surface area contributed by atoms with Crippen LogP contribution in [0.1, 0.15) is 24.0 Å². The minimum Gasteiger partial charge on any atom is -0.324 e. The van der Waals surface area contributed by atoms with Gasteiger partial charge in [0.2, 0.25) is 17.7 Å². The van der Waals surface area contributed by atoms with Gasteiger partial charge in [0.15, 0.2) is 0 Å². The molecule has 0 unspecified atom stereocenters. The number of hydrogen-bond acceptors (Lipinski definition) is 6. The van der Waals surface area contributed by atoms with Gasteiger partial charge in [-0.05, 0) is 44.5 Å². The van der Waals surface area contributed by atoms with Crippen LogP contribution < -0.4 is 10.2 Å². The van der Waals surface area contributed by atoms with Crippen molar-refractivity contribution in [2.75, 3.05) is 16.8 Å². The first-order chi connectivity index (χ1) is 15.4. The zero-order chi connectivity index (χ0) is 22.4. The molecule has 0 aliphatic carbocycles. The van der Waals surface area contributed by atoms with Crippen molar-refractivity contribution in [3.05, 3.63) is 63.7 Å². The molecule has 3 saturated heterocycles. The molecule has 6 rings (SSSR count). The Morgan fingerprint density at radius 3 is 2.56 bits per heavy atom. The average molecular weight is 432 g/mol. The number of fused-ring (bicyclic) bond motifs is 7. The summed E-state index contributed by atoms with van der Waals surface area (Å²) < 4.78 is 0. The summed E-state index contributed by atoms with van der Waals surface area (Å²) in [5, 5.41) is 14.0. The second kappa shape index (κ2) is 6.23. The van der Waals surface area contributed by atoms with Crippen LogP contribution in [0.15, 0.2) is 42.5 Å². The van der Waals surface area contributed by atoms with Crippen LogP contribution in [0.25, 0.3) is 0 Å². The molecule has 0 radical (unpaired) electrons. The first kappa shape index (κ1) is 19.1. The predicted octanol–water partition coefficient (Wildman–Crippen LogP) is 2.33. The minimum absolute atomic E-state index is 0.119. The Hall–Kier alpha value is -3.59. The van der Waals surface area contributed by atoms with Crippen molar-refractivity contribution in [1.29, 1.82) is 0 Å². The van der Waals surface area contributed by atoms with E-state index in [1.807, 2.05) is 25.1 Å². The Labute approximate surface area is 183 Å². The van der Waals surface area contributed by atoms with Crippen molar-refractivity contribution < 1.29 is 19.3 Å². The molecule has 1 spiro atoms. The van der Waals surface area contributed by atoms with Crippen molar-refractivity contribution in [1.82, 2.24) is 4.90 Å². The number of rotatable bonds is 2. The first-order valence-corrected chi connectivity index (χ1v) is 10.7. The number of nitrogens with one attached hydrogen (secondary N) is 1. The van der Waals surface area contributed by atoms with Gasteiger partial charge in [0.05, 0.1) is 22.4 Å². The van der Waals surface area contributed by atoms with Crippen molar-refractivity contribution in [2.24, 2.45) is 11.8 Å². The number of hydrogen-bond donors (Lipinski definition) is 1. The van der Waals surface area contributed by atoms with Crippen molar-refractivity contribution in [3.63, 3.8) is 0 Å². The molecule has 2 aromatic carbocycles. The fraction of sp³-hybridized carbons (Fsp3) is 0.348. The van der Waals surface area contributed by atoms with Gasteiger partial charge in [-0.3, -0.25) is 29.4 Å². The fourth-order valence-electron chi connectivity index (χ4n) is 6.29. The van der Waals surface area contributed by atoms with Crippen molar-refractivity contribution >= 4 is 34.8 Å². The van der Waals surface area contributed by atoms with E-state index in [1.165, 1.54) is 24.3 Å². The maximum Gasteiger partial charge on any atom is 0.269 e. The molecular formula is C23H20N4O5. The summed E-state index contributed by atoms with van der Waals surface area (Å²) in [6, 6.07) is 10.9. The molecule has 0 bridgehead atoms. The van der Waals surface area contributed by atoms with Crippen LogP contribution in [-0.4, -0.2) is 40.1 Å². The smallest absolute Gasteiger partial charge is 0.269 e. The summed E-state index contributed by atoms with van der Waals surface area (Å²) in [6.07, 6.45) is 1.59. The number of imide groups is 1. The summed E-state index contributed by atoms with van der Waals surface area (Å²) in [7, 11) is 0. The van der Waals surface area contributed by atoms with E-state index in [-0.39, 0.29) is 23.5 Å². The number of non-ortho nitro benzene ring substituents is 1. The van der Waals surface area contributed by atoms with Gasteiger partial charge >= 0.3 is 0 Å². The molecule has 9 nitrogen and oxygen atoms in total. The Morgan fingerprint density at radius 1 is 1.09 bits per heavy atom. The van der Waals surface area contributed by atoms with E-state index in [4.69, 9.17) is 0 Å². The van der Waals surface area contributed by atoms with Gasteiger partial charge < -0.3 is 5.32 Å². The number of carbonyl (C=O) groups excluding carboxylic acids is 3. The highest BCUT2D eigenvalue weighted by Gasteiger charge is 2.74. The monoisotopic (exact) mass is 432 g/mol. The lowest BCUT2D eigenvalue weighted by Gasteiger charge is -2.36. The number of nitro groups is 1. The zero-order valence-corrected chi connectivity index (χ0v) is 17.3. The third kappa shape index (κ3) is 2.13. The SMILES string of the molecule is Cc1ccc2c(c1)[C@]1(C(=O)N2)[C@@H]2C(=O)N(c3ccc([N+](=O)[O-])cc3)C(=O)[C@@H]2[C@H]2CCCN21. The molecular weight excluding hydrogens is 412 g/mol. The molecule has 162 valence electrons. The summed E-state index contributed by atoms with van der Waals surface area (Å²) in [6.45, 7) is 2.59. The Bertz CT molecular complexity index is 1230. The lowest BCUT2D eigenvalue weighted by atomic mass is 9.75. The van der Waals surface area contributed by atoms with Crippen LogP contribution in [-0.2, 0) is 19.9 Å². The van der Waals surface area contributed by atoms with Gasteiger partial charge in [-0.1, -0.05) is 17.7 Å². The number of aryl methyl sites for hydroxylation is 1. The average Bonchev–Trinajstić information content (AvgIpc) is 3.47. The van der Waals surface area contributed by atoms with E-state index < -0.39 is 28.2 Å². The standard InChI is InChI=1S/C23H20N4O5/c1-12-4-9-16-15(11-12)23(22(30)24-16)19-18(17-3-2-10-25(17)23)20(28)26(21(19)29)13-5-7-14(8-6-13)27(31)32/h4-9,11,17-19H,2-3,10H2,1H3,(H,24,30)/t17-,18-,19+,23-/m1/s1. The van der Waals surface area contributed by atoms with Crippen LogP contribution in [0.4, 0.5) is 17.1 Å². The van der Waals surface area contributed by atoms with E-state index in [0.717, 1.165) is 28.9 Å². The van der Waals surface area contributed by atoms with E-state index in [2.05, 4.69) is 10.2 Å². The summed E-state index contributed by atoms with van der Waals surface area (Å²) >= 11 is 0. The number of nitrogens with zero attached hydrogens (tertiary/aromatic N) is 3. The minimum atomic E-state index is -1.21. The van der Waals surface area contributed by atoms with Gasteiger partial charge in [-0.15, -0.1) is 0 Å². The highest BCUT2D eigenvalue weighted by molar-refractivity contribution is 6.25. The zero-order valence-electron chi connectivity index (χ0n) is 17.3. The highest BCUT2D eigenvalue weighted by atomic mass is 16.6. The molecule has 4 atom stereocenters. The summed E-state index contributed by atoms with van der Waals surface area (Å²) in [4.78, 5) is 54.6. The quantitative estimate of drug-likeness (QED) is 0.443. The lowest BCUT2D eigenvalue weighted by molar-refractivity contribution is -0.384. The molecule has 0 aromatic heterocycles. The molecule has 9 heteroatoms. The third-order valence-electron chi connectivity index (χ3n) is 7.47. The second-order valence-corrected chi connectivity index (χ2v) is 8.96. The number of nitro benzene ring substituents is 1. The molecule has 4 aliphatic rings. The largest absolute Gasteiger partial charge is 0.324 e. The third-order valence-corrected chi connectivity index (χ3v) is 7.47.